The normalized spacial score (nSPS) is 10.9. The number of aromatic amines is 1. The molecular weight excluding hydrogens is 414 g/mol. The van der Waals surface area contributed by atoms with Crippen molar-refractivity contribution in [1.29, 1.82) is 0 Å². The maximum Gasteiger partial charge on any atom is 0.303 e. The van der Waals surface area contributed by atoms with E-state index in [1.807, 2.05) is 42.5 Å². The van der Waals surface area contributed by atoms with Crippen molar-refractivity contribution in [3.05, 3.63) is 83.9 Å². The van der Waals surface area contributed by atoms with Gasteiger partial charge in [0, 0.05) is 23.0 Å². The molecule has 4 rings (SSSR count). The fourth-order valence-corrected chi connectivity index (χ4v) is 3.80. The van der Waals surface area contributed by atoms with Crippen LogP contribution in [0.15, 0.2) is 72.8 Å². The SMILES string of the molecule is CCCc1ccc(COc2cccc3[nH]c(-c4ccc(OCCCC(=O)O)cc4)cc23)cc1. The zero-order chi connectivity index (χ0) is 23.0. The van der Waals surface area contributed by atoms with Crippen molar-refractivity contribution in [1.82, 2.24) is 4.98 Å². The standard InChI is InChI=1S/C28H29NO4/c1-2-5-20-9-11-21(12-10-20)19-33-27-7-3-6-25-24(27)18-26(29-25)22-13-15-23(16-14-22)32-17-4-8-28(30)31/h3,6-7,9-16,18,29H,2,4-5,8,17,19H2,1H3,(H,30,31). The number of carboxylic acid groups (broad SMARTS) is 1. The summed E-state index contributed by atoms with van der Waals surface area (Å²) in [5.41, 5.74) is 5.58. The molecule has 3 aromatic carbocycles. The van der Waals surface area contributed by atoms with E-state index >= 15 is 0 Å². The lowest BCUT2D eigenvalue weighted by Gasteiger charge is -2.08. The van der Waals surface area contributed by atoms with Crippen molar-refractivity contribution < 1.29 is 19.4 Å². The number of fused-ring (bicyclic) bond motifs is 1. The van der Waals surface area contributed by atoms with Gasteiger partial charge in [-0.15, -0.1) is 0 Å². The average molecular weight is 444 g/mol. The zero-order valence-electron chi connectivity index (χ0n) is 18.8. The Morgan fingerprint density at radius 3 is 2.42 bits per heavy atom. The van der Waals surface area contributed by atoms with Gasteiger partial charge in [0.2, 0.25) is 0 Å². The van der Waals surface area contributed by atoms with Crippen LogP contribution < -0.4 is 9.47 Å². The minimum Gasteiger partial charge on any atom is -0.494 e. The van der Waals surface area contributed by atoms with Crippen molar-refractivity contribution in [3.8, 4) is 22.8 Å². The van der Waals surface area contributed by atoms with E-state index in [4.69, 9.17) is 14.6 Å². The summed E-state index contributed by atoms with van der Waals surface area (Å²) in [4.78, 5) is 14.1. The van der Waals surface area contributed by atoms with Gasteiger partial charge in [-0.05, 0) is 72.0 Å². The number of aryl methyl sites for hydroxylation is 1. The predicted octanol–water partition coefficient (Wildman–Crippen LogP) is 6.61. The van der Waals surface area contributed by atoms with Crippen LogP contribution in [0.1, 0.15) is 37.3 Å². The van der Waals surface area contributed by atoms with Crippen molar-refractivity contribution in [2.45, 2.75) is 39.2 Å². The number of aromatic nitrogens is 1. The molecule has 0 aliphatic heterocycles. The highest BCUT2D eigenvalue weighted by atomic mass is 16.5. The summed E-state index contributed by atoms with van der Waals surface area (Å²) < 4.78 is 11.8. The molecule has 0 aliphatic rings. The van der Waals surface area contributed by atoms with Gasteiger partial charge in [-0.3, -0.25) is 4.79 Å². The fraction of sp³-hybridized carbons (Fsp3) is 0.250. The highest BCUT2D eigenvalue weighted by Crippen LogP contribution is 2.32. The molecule has 0 bridgehead atoms. The lowest BCUT2D eigenvalue weighted by Crippen LogP contribution is -2.01. The monoisotopic (exact) mass is 443 g/mol. The Morgan fingerprint density at radius 2 is 1.70 bits per heavy atom. The molecule has 0 saturated carbocycles. The number of ether oxygens (including phenoxy) is 2. The van der Waals surface area contributed by atoms with Crippen molar-refractivity contribution in [2.75, 3.05) is 6.61 Å². The van der Waals surface area contributed by atoms with Crippen molar-refractivity contribution in [3.63, 3.8) is 0 Å². The summed E-state index contributed by atoms with van der Waals surface area (Å²) in [5, 5.41) is 9.75. The fourth-order valence-electron chi connectivity index (χ4n) is 3.80. The summed E-state index contributed by atoms with van der Waals surface area (Å²) in [6.07, 6.45) is 2.85. The van der Waals surface area contributed by atoms with Crippen LogP contribution in [0.25, 0.3) is 22.2 Å². The first kappa shape index (κ1) is 22.5. The van der Waals surface area contributed by atoms with Gasteiger partial charge in [0.1, 0.15) is 18.1 Å². The summed E-state index contributed by atoms with van der Waals surface area (Å²) in [7, 11) is 0. The zero-order valence-corrected chi connectivity index (χ0v) is 18.8. The molecule has 0 atom stereocenters. The van der Waals surface area contributed by atoms with Gasteiger partial charge in [0.25, 0.3) is 0 Å². The first-order chi connectivity index (χ1) is 16.1. The topological polar surface area (TPSA) is 71.5 Å². The van der Waals surface area contributed by atoms with Gasteiger partial charge in [0.05, 0.1) is 6.61 Å². The highest BCUT2D eigenvalue weighted by Gasteiger charge is 2.09. The molecule has 0 spiro atoms. The molecule has 33 heavy (non-hydrogen) atoms. The number of benzene rings is 3. The second-order valence-electron chi connectivity index (χ2n) is 8.13. The Hall–Kier alpha value is -3.73. The Morgan fingerprint density at radius 1 is 0.939 bits per heavy atom. The Kier molecular flexibility index (Phi) is 7.30. The van der Waals surface area contributed by atoms with E-state index in [9.17, 15) is 4.79 Å². The number of carbonyl (C=O) groups is 1. The second-order valence-corrected chi connectivity index (χ2v) is 8.13. The first-order valence-corrected chi connectivity index (χ1v) is 11.4. The summed E-state index contributed by atoms with van der Waals surface area (Å²) in [6.45, 7) is 3.11. The molecule has 5 heteroatoms. The average Bonchev–Trinajstić information content (AvgIpc) is 3.27. The maximum absolute atomic E-state index is 10.6. The maximum atomic E-state index is 10.6. The van der Waals surface area contributed by atoms with E-state index in [0.29, 0.717) is 19.6 Å². The lowest BCUT2D eigenvalue weighted by molar-refractivity contribution is -0.137. The van der Waals surface area contributed by atoms with E-state index in [1.54, 1.807) is 0 Å². The molecule has 0 radical (unpaired) electrons. The quantitative estimate of drug-likeness (QED) is 0.256. The van der Waals surface area contributed by atoms with E-state index in [2.05, 4.69) is 42.2 Å². The van der Waals surface area contributed by atoms with Gasteiger partial charge in [-0.2, -0.15) is 0 Å². The van der Waals surface area contributed by atoms with Crippen LogP contribution in [0.3, 0.4) is 0 Å². The van der Waals surface area contributed by atoms with Crippen LogP contribution in [0.2, 0.25) is 0 Å². The summed E-state index contributed by atoms with van der Waals surface area (Å²) in [5.74, 6) is 0.779. The lowest BCUT2D eigenvalue weighted by atomic mass is 10.1. The number of aliphatic carboxylic acids is 1. The van der Waals surface area contributed by atoms with Crippen LogP contribution in [0, 0.1) is 0 Å². The molecule has 5 nitrogen and oxygen atoms in total. The molecule has 0 unspecified atom stereocenters. The third kappa shape index (κ3) is 5.95. The smallest absolute Gasteiger partial charge is 0.303 e. The molecule has 170 valence electrons. The Balaban J connectivity index is 1.43. The van der Waals surface area contributed by atoms with Crippen LogP contribution >= 0.6 is 0 Å². The molecule has 0 fully saturated rings. The minimum absolute atomic E-state index is 0.113. The molecule has 1 heterocycles. The minimum atomic E-state index is -0.805. The third-order valence-electron chi connectivity index (χ3n) is 5.55. The van der Waals surface area contributed by atoms with Crippen LogP contribution in [0.4, 0.5) is 0 Å². The predicted molar refractivity (Wildman–Crippen MR) is 131 cm³/mol. The number of H-pyrrole nitrogens is 1. The van der Waals surface area contributed by atoms with Gasteiger partial charge < -0.3 is 19.6 Å². The number of hydrogen-bond acceptors (Lipinski definition) is 3. The number of hydrogen-bond donors (Lipinski definition) is 2. The van der Waals surface area contributed by atoms with E-state index < -0.39 is 5.97 Å². The Labute approximate surface area is 194 Å². The van der Waals surface area contributed by atoms with E-state index in [0.717, 1.165) is 52.1 Å². The molecule has 2 N–H and O–H groups in total. The second kappa shape index (κ2) is 10.7. The van der Waals surface area contributed by atoms with Crippen LogP contribution in [0.5, 0.6) is 11.5 Å². The first-order valence-electron chi connectivity index (χ1n) is 11.4. The molecule has 0 saturated heterocycles. The van der Waals surface area contributed by atoms with Crippen molar-refractivity contribution in [2.24, 2.45) is 0 Å². The number of nitrogens with one attached hydrogen (secondary N) is 1. The summed E-state index contributed by atoms with van der Waals surface area (Å²) in [6, 6.07) is 24.6. The van der Waals surface area contributed by atoms with Crippen LogP contribution in [-0.2, 0) is 17.8 Å². The molecule has 4 aromatic rings. The molecular formula is C28H29NO4. The molecule has 1 aromatic heterocycles. The Bertz CT molecular complexity index is 1190. The summed E-state index contributed by atoms with van der Waals surface area (Å²) >= 11 is 0. The van der Waals surface area contributed by atoms with Gasteiger partial charge >= 0.3 is 5.97 Å². The molecule has 0 aliphatic carbocycles. The number of rotatable bonds is 11. The largest absolute Gasteiger partial charge is 0.494 e. The van der Waals surface area contributed by atoms with E-state index in [-0.39, 0.29) is 6.42 Å². The molecule has 0 amide bonds. The highest BCUT2D eigenvalue weighted by molar-refractivity contribution is 5.90. The van der Waals surface area contributed by atoms with Gasteiger partial charge in [0.15, 0.2) is 0 Å². The van der Waals surface area contributed by atoms with Crippen molar-refractivity contribution >= 4 is 16.9 Å². The third-order valence-corrected chi connectivity index (χ3v) is 5.55. The van der Waals surface area contributed by atoms with Crippen LogP contribution in [-0.4, -0.2) is 22.7 Å². The number of carboxylic acids is 1. The van der Waals surface area contributed by atoms with Gasteiger partial charge in [-0.25, -0.2) is 0 Å². The van der Waals surface area contributed by atoms with Gasteiger partial charge in [-0.1, -0.05) is 43.7 Å². The van der Waals surface area contributed by atoms with E-state index in [1.165, 1.54) is 5.56 Å².